The maximum Gasteiger partial charge on any atom is 0.404 e. The molecule has 0 saturated carbocycles. The summed E-state index contributed by atoms with van der Waals surface area (Å²) in [7, 11) is -3.59. The van der Waals surface area contributed by atoms with Crippen LogP contribution in [-0.4, -0.2) is 57.2 Å². The van der Waals surface area contributed by atoms with Crippen LogP contribution < -0.4 is 15.8 Å². The highest BCUT2D eigenvalue weighted by Gasteiger charge is 2.31. The average Bonchev–Trinajstić information content (AvgIpc) is 2.51. The lowest BCUT2D eigenvalue weighted by molar-refractivity contribution is 0.0741. The number of nitrogens with zero attached hydrogens (tertiary/aromatic N) is 1. The first kappa shape index (κ1) is 17.0. The molecule has 0 radical (unpaired) electrons. The average molecular weight is 355 g/mol. The molecule has 2 aliphatic heterocycles. The molecule has 2 heterocycles. The first-order valence-corrected chi connectivity index (χ1v) is 9.33. The van der Waals surface area contributed by atoms with Crippen molar-refractivity contribution in [1.82, 2.24) is 9.62 Å². The number of hydrogen-bond donors (Lipinski definition) is 2. The molecular formula is C15H21N3O5S. The van der Waals surface area contributed by atoms with Crippen molar-refractivity contribution in [1.29, 1.82) is 0 Å². The number of nitrogens with two attached hydrogens (primary N) is 1. The van der Waals surface area contributed by atoms with Crippen molar-refractivity contribution in [2.24, 2.45) is 5.73 Å². The van der Waals surface area contributed by atoms with Crippen molar-refractivity contribution in [3.63, 3.8) is 0 Å². The molecule has 8 nitrogen and oxygen atoms in total. The number of primary amides is 1. The fourth-order valence-electron chi connectivity index (χ4n) is 2.75. The predicted octanol–water partition coefficient (Wildman–Crippen LogP) is 0.286. The normalized spacial score (nSPS) is 20.3. The summed E-state index contributed by atoms with van der Waals surface area (Å²) in [5.41, 5.74) is 5.00. The van der Waals surface area contributed by atoms with Crippen LogP contribution in [0.2, 0.25) is 0 Å². The highest BCUT2D eigenvalue weighted by atomic mass is 32.2. The number of carbonyl (C=O) groups excluding carboxylic acids is 1. The Labute approximate surface area is 141 Å². The lowest BCUT2D eigenvalue weighted by Crippen LogP contribution is -2.50. The molecule has 0 unspecified atom stereocenters. The summed E-state index contributed by atoms with van der Waals surface area (Å²) in [4.78, 5) is 11.0. The Morgan fingerprint density at radius 3 is 2.50 bits per heavy atom. The molecule has 3 N–H and O–H groups in total. The van der Waals surface area contributed by atoms with E-state index in [1.807, 2.05) is 0 Å². The van der Waals surface area contributed by atoms with Gasteiger partial charge in [0.1, 0.15) is 18.0 Å². The van der Waals surface area contributed by atoms with Gasteiger partial charge in [-0.3, -0.25) is 0 Å². The third-order valence-corrected chi connectivity index (χ3v) is 6.07. The van der Waals surface area contributed by atoms with Gasteiger partial charge in [-0.05, 0) is 25.0 Å². The predicted molar refractivity (Wildman–Crippen MR) is 86.2 cm³/mol. The molecular weight excluding hydrogens is 334 g/mol. The first-order valence-electron chi connectivity index (χ1n) is 7.89. The molecule has 0 bridgehead atoms. The molecule has 2 saturated heterocycles. The Bertz CT molecular complexity index is 697. The number of carbonyl (C=O) groups is 1. The molecule has 1 amide bonds. The zero-order valence-electron chi connectivity index (χ0n) is 13.2. The Kier molecular flexibility index (Phi) is 4.93. The number of ether oxygens (including phenoxy) is 2. The van der Waals surface area contributed by atoms with Crippen LogP contribution in [0.5, 0.6) is 5.75 Å². The summed E-state index contributed by atoms with van der Waals surface area (Å²) >= 11 is 0. The monoisotopic (exact) mass is 355 g/mol. The Hall–Kier alpha value is -1.84. The third kappa shape index (κ3) is 3.80. The smallest absolute Gasteiger partial charge is 0.404 e. The van der Waals surface area contributed by atoms with Gasteiger partial charge in [0.25, 0.3) is 0 Å². The number of sulfonamides is 1. The largest absolute Gasteiger partial charge is 0.488 e. The number of benzene rings is 1. The molecule has 0 aliphatic carbocycles. The molecule has 2 aliphatic rings. The maximum atomic E-state index is 12.8. The molecule has 3 rings (SSSR count). The van der Waals surface area contributed by atoms with Crippen molar-refractivity contribution in [2.75, 3.05) is 26.2 Å². The summed E-state index contributed by atoms with van der Waals surface area (Å²) in [6.07, 6.45) is -0.191. The van der Waals surface area contributed by atoms with Crippen molar-refractivity contribution in [2.45, 2.75) is 29.9 Å². The van der Waals surface area contributed by atoms with Gasteiger partial charge in [-0.1, -0.05) is 6.07 Å². The van der Waals surface area contributed by atoms with Crippen LogP contribution in [0.4, 0.5) is 4.79 Å². The maximum absolute atomic E-state index is 12.8. The highest BCUT2D eigenvalue weighted by molar-refractivity contribution is 7.89. The first-order chi connectivity index (χ1) is 11.4. The fraction of sp³-hybridized carbons (Fsp3) is 0.533. The zero-order chi connectivity index (χ0) is 17.2. The van der Waals surface area contributed by atoms with Gasteiger partial charge in [0.15, 0.2) is 0 Å². The van der Waals surface area contributed by atoms with E-state index >= 15 is 0 Å². The van der Waals surface area contributed by atoms with Gasteiger partial charge in [-0.25, -0.2) is 13.2 Å². The topological polar surface area (TPSA) is 111 Å². The van der Waals surface area contributed by atoms with E-state index in [-0.39, 0.29) is 30.2 Å². The highest BCUT2D eigenvalue weighted by Crippen LogP contribution is 2.25. The van der Waals surface area contributed by atoms with Gasteiger partial charge in [-0.15, -0.1) is 0 Å². The third-order valence-electron chi connectivity index (χ3n) is 4.17. The van der Waals surface area contributed by atoms with Crippen LogP contribution in [-0.2, 0) is 14.8 Å². The minimum absolute atomic E-state index is 0.0876. The van der Waals surface area contributed by atoms with Crippen LogP contribution in [0.3, 0.4) is 0 Å². The number of piperidine rings is 1. The number of rotatable bonds is 5. The van der Waals surface area contributed by atoms with E-state index in [4.69, 9.17) is 15.2 Å². The van der Waals surface area contributed by atoms with Crippen LogP contribution in [0.25, 0.3) is 0 Å². The Balaban J connectivity index is 1.67. The summed E-state index contributed by atoms with van der Waals surface area (Å²) in [5.74, 6) is 0.550. The fourth-order valence-corrected chi connectivity index (χ4v) is 4.25. The van der Waals surface area contributed by atoms with E-state index in [1.165, 1.54) is 4.31 Å². The molecule has 24 heavy (non-hydrogen) atoms. The molecule has 2 fully saturated rings. The van der Waals surface area contributed by atoms with Crippen LogP contribution in [0.1, 0.15) is 12.8 Å². The van der Waals surface area contributed by atoms with Crippen molar-refractivity contribution in [3.8, 4) is 5.75 Å². The van der Waals surface area contributed by atoms with Crippen molar-refractivity contribution >= 4 is 16.1 Å². The molecule has 0 spiro atoms. The SMILES string of the molecule is NC(=O)OC1CCN(S(=O)(=O)c2cccc(OC3CNC3)c2)CC1. The summed E-state index contributed by atoms with van der Waals surface area (Å²) in [6, 6.07) is 6.55. The van der Waals surface area contributed by atoms with Gasteiger partial charge in [0.05, 0.1) is 4.90 Å². The van der Waals surface area contributed by atoms with Crippen LogP contribution in [0.15, 0.2) is 29.2 Å². The van der Waals surface area contributed by atoms with E-state index in [1.54, 1.807) is 24.3 Å². The molecule has 1 aromatic rings. The van der Waals surface area contributed by atoms with E-state index in [2.05, 4.69) is 5.32 Å². The van der Waals surface area contributed by atoms with Gasteiger partial charge in [0, 0.05) is 32.2 Å². The van der Waals surface area contributed by atoms with E-state index in [0.717, 1.165) is 13.1 Å². The van der Waals surface area contributed by atoms with Gasteiger partial charge in [-0.2, -0.15) is 4.31 Å². The minimum atomic E-state index is -3.59. The summed E-state index contributed by atoms with van der Waals surface area (Å²) < 4.78 is 37.6. The molecule has 9 heteroatoms. The van der Waals surface area contributed by atoms with Crippen molar-refractivity contribution in [3.05, 3.63) is 24.3 Å². The molecule has 0 aromatic heterocycles. The van der Waals surface area contributed by atoms with E-state index < -0.39 is 16.1 Å². The number of nitrogens with one attached hydrogen (secondary N) is 1. The Morgan fingerprint density at radius 1 is 1.21 bits per heavy atom. The lowest BCUT2D eigenvalue weighted by Gasteiger charge is -2.31. The second-order valence-corrected chi connectivity index (χ2v) is 7.85. The number of hydrogen-bond acceptors (Lipinski definition) is 6. The minimum Gasteiger partial charge on any atom is -0.488 e. The van der Waals surface area contributed by atoms with Crippen LogP contribution in [0, 0.1) is 0 Å². The summed E-state index contributed by atoms with van der Waals surface area (Å²) in [6.45, 7) is 2.12. The van der Waals surface area contributed by atoms with Gasteiger partial charge < -0.3 is 20.5 Å². The second-order valence-electron chi connectivity index (χ2n) is 5.91. The van der Waals surface area contributed by atoms with E-state index in [0.29, 0.717) is 18.6 Å². The van der Waals surface area contributed by atoms with Gasteiger partial charge >= 0.3 is 6.09 Å². The number of amides is 1. The molecule has 132 valence electrons. The van der Waals surface area contributed by atoms with Crippen molar-refractivity contribution < 1.29 is 22.7 Å². The molecule has 1 aromatic carbocycles. The van der Waals surface area contributed by atoms with Crippen LogP contribution >= 0.6 is 0 Å². The Morgan fingerprint density at radius 2 is 1.92 bits per heavy atom. The molecule has 0 atom stereocenters. The second kappa shape index (κ2) is 6.96. The summed E-state index contributed by atoms with van der Waals surface area (Å²) in [5, 5.41) is 3.10. The zero-order valence-corrected chi connectivity index (χ0v) is 14.0. The standard InChI is InChI=1S/C15H21N3O5S/c16-15(19)23-11-4-6-18(7-5-11)24(20,21)14-3-1-2-12(8-14)22-13-9-17-10-13/h1-3,8,11,13,17H,4-7,9-10H2,(H2,16,19). The quantitative estimate of drug-likeness (QED) is 0.785. The van der Waals surface area contributed by atoms with Gasteiger partial charge in [0.2, 0.25) is 10.0 Å². The van der Waals surface area contributed by atoms with E-state index in [9.17, 15) is 13.2 Å². The lowest BCUT2D eigenvalue weighted by atomic mass is 10.1.